The second-order valence-electron chi connectivity index (χ2n) is 8.16. The van der Waals surface area contributed by atoms with Gasteiger partial charge < -0.3 is 9.80 Å². The number of amides is 1. The highest BCUT2D eigenvalue weighted by atomic mass is 16.2. The van der Waals surface area contributed by atoms with Gasteiger partial charge in [-0.1, -0.05) is 12.1 Å². The van der Waals surface area contributed by atoms with E-state index >= 15 is 0 Å². The fraction of sp³-hybridized carbons (Fsp3) is 0.435. The van der Waals surface area contributed by atoms with E-state index in [2.05, 4.69) is 30.9 Å². The van der Waals surface area contributed by atoms with Crippen molar-refractivity contribution in [1.29, 1.82) is 5.26 Å². The van der Waals surface area contributed by atoms with Crippen LogP contribution in [0.4, 0.5) is 11.5 Å². The third-order valence-electron chi connectivity index (χ3n) is 6.03. The highest BCUT2D eigenvalue weighted by Crippen LogP contribution is 2.24. The molecule has 0 spiro atoms. The average Bonchev–Trinajstić information content (AvgIpc) is 3.25. The van der Waals surface area contributed by atoms with E-state index in [4.69, 9.17) is 5.26 Å². The Morgan fingerprint density at radius 2 is 1.97 bits per heavy atom. The lowest BCUT2D eigenvalue weighted by Crippen LogP contribution is -2.50. The zero-order valence-electron chi connectivity index (χ0n) is 18.8. The Bertz CT molecular complexity index is 1160. The van der Waals surface area contributed by atoms with Gasteiger partial charge in [-0.3, -0.25) is 9.69 Å². The van der Waals surface area contributed by atoms with Gasteiger partial charge in [0.2, 0.25) is 5.91 Å². The average molecular weight is 433 g/mol. The van der Waals surface area contributed by atoms with Crippen LogP contribution in [0.5, 0.6) is 0 Å². The Balaban J connectivity index is 1.44. The number of fused-ring (bicyclic) bond motifs is 1. The van der Waals surface area contributed by atoms with E-state index in [1.165, 1.54) is 6.33 Å². The van der Waals surface area contributed by atoms with E-state index in [-0.39, 0.29) is 5.91 Å². The van der Waals surface area contributed by atoms with Gasteiger partial charge >= 0.3 is 0 Å². The number of hydrogen-bond acceptors (Lipinski definition) is 7. The van der Waals surface area contributed by atoms with E-state index in [9.17, 15) is 4.79 Å². The van der Waals surface area contributed by atoms with Crippen LogP contribution in [0.15, 0.2) is 30.6 Å². The second kappa shape index (κ2) is 9.32. The first-order chi connectivity index (χ1) is 15.5. The van der Waals surface area contributed by atoms with Crippen molar-refractivity contribution in [3.63, 3.8) is 0 Å². The molecule has 1 fully saturated rings. The number of benzene rings is 1. The van der Waals surface area contributed by atoms with Crippen LogP contribution in [0.1, 0.15) is 23.2 Å². The summed E-state index contributed by atoms with van der Waals surface area (Å²) in [6.45, 7) is 9.86. The Morgan fingerprint density at radius 3 is 2.72 bits per heavy atom. The molecule has 1 amide bonds. The smallest absolute Gasteiger partial charge is 0.254 e. The minimum absolute atomic E-state index is 0.0285. The van der Waals surface area contributed by atoms with Gasteiger partial charge in [0.15, 0.2) is 0 Å². The normalized spacial score (nSPS) is 14.5. The summed E-state index contributed by atoms with van der Waals surface area (Å²) in [4.78, 5) is 28.1. The molecule has 1 aliphatic rings. The van der Waals surface area contributed by atoms with Crippen LogP contribution in [-0.2, 0) is 4.79 Å². The predicted octanol–water partition coefficient (Wildman–Crippen LogP) is 2.12. The van der Waals surface area contributed by atoms with E-state index in [0.717, 1.165) is 54.5 Å². The van der Waals surface area contributed by atoms with Crippen LogP contribution >= 0.6 is 0 Å². The van der Waals surface area contributed by atoms with Crippen molar-refractivity contribution in [2.45, 2.75) is 27.2 Å². The summed E-state index contributed by atoms with van der Waals surface area (Å²) in [6, 6.07) is 10.2. The van der Waals surface area contributed by atoms with Crippen molar-refractivity contribution in [3.8, 4) is 6.07 Å². The minimum atomic E-state index is 0.0285. The number of hydrogen-bond donors (Lipinski definition) is 0. The predicted molar refractivity (Wildman–Crippen MR) is 123 cm³/mol. The summed E-state index contributed by atoms with van der Waals surface area (Å²) in [5.74, 6) is 1.60. The summed E-state index contributed by atoms with van der Waals surface area (Å²) in [7, 11) is 0. The minimum Gasteiger partial charge on any atom is -0.354 e. The molecule has 4 rings (SSSR count). The monoisotopic (exact) mass is 432 g/mol. The number of piperazine rings is 1. The van der Waals surface area contributed by atoms with Crippen molar-refractivity contribution in [2.24, 2.45) is 0 Å². The molecule has 3 heterocycles. The maximum absolute atomic E-state index is 13.2. The quantitative estimate of drug-likeness (QED) is 0.589. The first-order valence-corrected chi connectivity index (χ1v) is 10.9. The fourth-order valence-electron chi connectivity index (χ4n) is 4.12. The summed E-state index contributed by atoms with van der Waals surface area (Å²) < 4.78 is 1.76. The molecule has 9 nitrogen and oxygen atoms in total. The van der Waals surface area contributed by atoms with Gasteiger partial charge in [-0.2, -0.15) is 19.9 Å². The lowest BCUT2D eigenvalue weighted by molar-refractivity contribution is -0.119. The van der Waals surface area contributed by atoms with Gasteiger partial charge in [-0.15, -0.1) is 0 Å². The molecule has 1 saturated heterocycles. The summed E-state index contributed by atoms with van der Waals surface area (Å²) in [5, 5.41) is 13.4. The van der Waals surface area contributed by atoms with Gasteiger partial charge in [0.25, 0.3) is 5.78 Å². The third kappa shape index (κ3) is 4.41. The lowest BCUT2D eigenvalue weighted by Gasteiger charge is -2.36. The van der Waals surface area contributed by atoms with E-state index in [1.807, 2.05) is 45.0 Å². The molecule has 0 bridgehead atoms. The first-order valence-electron chi connectivity index (χ1n) is 10.9. The van der Waals surface area contributed by atoms with E-state index < -0.39 is 0 Å². The molecule has 0 atom stereocenters. The Labute approximate surface area is 187 Å². The topological polar surface area (TPSA) is 93.7 Å². The van der Waals surface area contributed by atoms with E-state index in [1.54, 1.807) is 9.42 Å². The standard InChI is InChI=1S/C23H28N8O/c1-17-6-4-7-20(19(17)3)30(9-5-8-24)22(32)15-28-10-12-29(13-11-28)21-14-18(2)27-23-25-16-26-31(21)23/h4,6-7,14,16H,5,9-13,15H2,1-3H3. The first kappa shape index (κ1) is 21.7. The van der Waals surface area contributed by atoms with Crippen LogP contribution < -0.4 is 9.80 Å². The number of carbonyl (C=O) groups is 1. The van der Waals surface area contributed by atoms with Crippen molar-refractivity contribution in [3.05, 3.63) is 47.4 Å². The molecule has 2 aromatic heterocycles. The number of carbonyl (C=O) groups excluding carboxylic acids is 1. The van der Waals surface area contributed by atoms with Gasteiger partial charge in [-0.05, 0) is 38.0 Å². The molecule has 0 unspecified atom stereocenters. The molecule has 0 aliphatic carbocycles. The molecule has 166 valence electrons. The lowest BCUT2D eigenvalue weighted by atomic mass is 10.1. The fourth-order valence-corrected chi connectivity index (χ4v) is 4.12. The SMILES string of the molecule is Cc1cc(N2CCN(CC(=O)N(CCC#N)c3cccc(C)c3C)CC2)n2ncnc2n1. The Morgan fingerprint density at radius 1 is 1.19 bits per heavy atom. The molecule has 9 heteroatoms. The van der Waals surface area contributed by atoms with Crippen LogP contribution in [0.2, 0.25) is 0 Å². The summed E-state index contributed by atoms with van der Waals surface area (Å²) in [5.41, 5.74) is 4.01. The Kier molecular flexibility index (Phi) is 6.32. The van der Waals surface area contributed by atoms with Crippen LogP contribution in [0, 0.1) is 32.1 Å². The van der Waals surface area contributed by atoms with Gasteiger partial charge in [0.05, 0.1) is 19.0 Å². The number of aryl methyl sites for hydroxylation is 2. The van der Waals surface area contributed by atoms with Crippen molar-refractivity contribution in [2.75, 3.05) is 49.1 Å². The molecular weight excluding hydrogens is 404 g/mol. The maximum atomic E-state index is 13.2. The third-order valence-corrected chi connectivity index (χ3v) is 6.03. The number of aromatic nitrogens is 4. The van der Waals surface area contributed by atoms with Crippen molar-refractivity contribution < 1.29 is 4.79 Å². The number of nitriles is 1. The maximum Gasteiger partial charge on any atom is 0.254 e. The van der Waals surface area contributed by atoms with Crippen molar-refractivity contribution in [1.82, 2.24) is 24.5 Å². The highest BCUT2D eigenvalue weighted by Gasteiger charge is 2.25. The number of anilines is 2. The molecular formula is C23H28N8O. The zero-order chi connectivity index (χ0) is 22.7. The molecule has 3 aromatic rings. The number of rotatable bonds is 6. The molecule has 0 N–H and O–H groups in total. The summed E-state index contributed by atoms with van der Waals surface area (Å²) in [6.07, 6.45) is 1.82. The van der Waals surface area contributed by atoms with Gasteiger partial charge in [0.1, 0.15) is 12.1 Å². The van der Waals surface area contributed by atoms with Crippen molar-refractivity contribution >= 4 is 23.2 Å². The highest BCUT2D eigenvalue weighted by molar-refractivity contribution is 5.95. The van der Waals surface area contributed by atoms with Crippen LogP contribution in [0.25, 0.3) is 5.78 Å². The molecule has 0 radical (unpaired) electrons. The Hall–Kier alpha value is -3.51. The van der Waals surface area contributed by atoms with Crippen LogP contribution in [-0.4, -0.2) is 69.7 Å². The van der Waals surface area contributed by atoms with Crippen LogP contribution in [0.3, 0.4) is 0 Å². The van der Waals surface area contributed by atoms with E-state index in [0.29, 0.717) is 25.3 Å². The zero-order valence-corrected chi connectivity index (χ0v) is 18.8. The largest absolute Gasteiger partial charge is 0.354 e. The van der Waals surface area contributed by atoms with Gasteiger partial charge in [0, 0.05) is 50.2 Å². The molecule has 1 aliphatic heterocycles. The number of nitrogens with zero attached hydrogens (tertiary/aromatic N) is 8. The summed E-state index contributed by atoms with van der Waals surface area (Å²) >= 11 is 0. The molecule has 32 heavy (non-hydrogen) atoms. The molecule has 1 aromatic carbocycles. The second-order valence-corrected chi connectivity index (χ2v) is 8.16. The van der Waals surface area contributed by atoms with Gasteiger partial charge in [-0.25, -0.2) is 4.98 Å². The molecule has 0 saturated carbocycles.